The molecule has 2 rings (SSSR count). The number of rotatable bonds is 2. The summed E-state index contributed by atoms with van der Waals surface area (Å²) in [5.41, 5.74) is 1.21. The van der Waals surface area contributed by atoms with Crippen LogP contribution in [0.15, 0.2) is 18.2 Å². The largest absolute Gasteiger partial charge is 0.465 e. The van der Waals surface area contributed by atoms with Crippen LogP contribution in [0.25, 0.3) is 0 Å². The van der Waals surface area contributed by atoms with Crippen LogP contribution < -0.4 is 5.32 Å². The molecule has 0 unspecified atom stereocenters. The molecule has 4 heteroatoms. The SMILES string of the molecule is COC(=O)c1cc(F)cc([C@H]2CC[NH2+]C[C@@H]2C)c1. The van der Waals surface area contributed by atoms with E-state index in [-0.39, 0.29) is 5.82 Å². The van der Waals surface area contributed by atoms with Gasteiger partial charge in [0.25, 0.3) is 0 Å². The summed E-state index contributed by atoms with van der Waals surface area (Å²) >= 11 is 0. The second-order valence-electron chi connectivity index (χ2n) is 4.95. The molecule has 2 atom stereocenters. The fraction of sp³-hybridized carbons (Fsp3) is 0.500. The molecular formula is C14H19FNO2+. The van der Waals surface area contributed by atoms with E-state index in [1.54, 1.807) is 12.1 Å². The standard InChI is InChI=1S/C14H18FNO2/c1-9-8-16-4-3-13(9)10-5-11(14(17)18-2)7-12(15)6-10/h5-7,9,13,16H,3-4,8H2,1-2H3/p+1/t9-,13-/m0/s1. The molecule has 1 saturated heterocycles. The molecule has 2 N–H and O–H groups in total. The number of hydrogen-bond donors (Lipinski definition) is 1. The maximum atomic E-state index is 13.6. The van der Waals surface area contributed by atoms with Crippen LogP contribution in [0.4, 0.5) is 4.39 Å². The van der Waals surface area contributed by atoms with Crippen molar-refractivity contribution in [1.82, 2.24) is 0 Å². The van der Waals surface area contributed by atoms with Gasteiger partial charge in [0.1, 0.15) is 5.82 Å². The molecule has 1 aromatic carbocycles. The maximum absolute atomic E-state index is 13.6. The van der Waals surface area contributed by atoms with Crippen molar-refractivity contribution in [1.29, 1.82) is 0 Å². The first kappa shape index (κ1) is 13.0. The van der Waals surface area contributed by atoms with Gasteiger partial charge in [-0.15, -0.1) is 0 Å². The zero-order valence-electron chi connectivity index (χ0n) is 10.8. The monoisotopic (exact) mass is 252 g/mol. The number of methoxy groups -OCH3 is 1. The first-order valence-corrected chi connectivity index (χ1v) is 6.32. The Balaban J connectivity index is 2.32. The third-order valence-electron chi connectivity index (χ3n) is 3.68. The van der Waals surface area contributed by atoms with Gasteiger partial charge in [0.2, 0.25) is 0 Å². The summed E-state index contributed by atoms with van der Waals surface area (Å²) in [6.45, 7) is 4.27. The molecule has 98 valence electrons. The van der Waals surface area contributed by atoms with Gasteiger partial charge >= 0.3 is 5.97 Å². The van der Waals surface area contributed by atoms with Crippen LogP contribution in [0, 0.1) is 11.7 Å². The van der Waals surface area contributed by atoms with Crippen molar-refractivity contribution in [2.45, 2.75) is 19.3 Å². The highest BCUT2D eigenvalue weighted by Crippen LogP contribution is 2.29. The van der Waals surface area contributed by atoms with Crippen LogP contribution in [-0.4, -0.2) is 26.2 Å². The number of nitrogens with two attached hydrogens (primary N) is 1. The Bertz CT molecular complexity index is 447. The van der Waals surface area contributed by atoms with E-state index in [0.717, 1.165) is 25.1 Å². The number of benzene rings is 1. The maximum Gasteiger partial charge on any atom is 0.337 e. The highest BCUT2D eigenvalue weighted by Gasteiger charge is 2.26. The molecule has 0 saturated carbocycles. The third kappa shape index (κ3) is 2.70. The van der Waals surface area contributed by atoms with E-state index in [4.69, 9.17) is 0 Å². The predicted molar refractivity (Wildman–Crippen MR) is 65.9 cm³/mol. The van der Waals surface area contributed by atoms with Crippen molar-refractivity contribution in [3.05, 3.63) is 35.1 Å². The smallest absolute Gasteiger partial charge is 0.337 e. The molecule has 0 aromatic heterocycles. The quantitative estimate of drug-likeness (QED) is 0.806. The normalized spacial score (nSPS) is 23.7. The lowest BCUT2D eigenvalue weighted by Crippen LogP contribution is -2.87. The van der Waals surface area contributed by atoms with Crippen molar-refractivity contribution in [2.75, 3.05) is 20.2 Å². The molecule has 1 fully saturated rings. The van der Waals surface area contributed by atoms with E-state index in [0.29, 0.717) is 17.4 Å². The molecule has 0 aliphatic carbocycles. The predicted octanol–water partition coefficient (Wildman–Crippen LogP) is 1.30. The Kier molecular flexibility index (Phi) is 3.97. The second kappa shape index (κ2) is 5.48. The Morgan fingerprint density at radius 2 is 2.22 bits per heavy atom. The minimum Gasteiger partial charge on any atom is -0.465 e. The molecule has 1 aliphatic rings. The molecule has 0 spiro atoms. The summed E-state index contributed by atoms with van der Waals surface area (Å²) in [7, 11) is 1.31. The minimum atomic E-state index is -0.481. The van der Waals surface area contributed by atoms with Gasteiger partial charge in [0.15, 0.2) is 0 Å². The number of carbonyl (C=O) groups is 1. The Morgan fingerprint density at radius 1 is 1.44 bits per heavy atom. The number of ether oxygens (including phenoxy) is 1. The number of quaternary nitrogens is 1. The van der Waals surface area contributed by atoms with Gasteiger partial charge in [-0.3, -0.25) is 0 Å². The number of hydrogen-bond acceptors (Lipinski definition) is 2. The Labute approximate surface area is 106 Å². The molecule has 1 aromatic rings. The zero-order chi connectivity index (χ0) is 13.1. The van der Waals surface area contributed by atoms with Crippen LogP contribution in [0.1, 0.15) is 35.2 Å². The highest BCUT2D eigenvalue weighted by molar-refractivity contribution is 5.89. The fourth-order valence-corrected chi connectivity index (χ4v) is 2.68. The average molecular weight is 252 g/mol. The van der Waals surface area contributed by atoms with Gasteiger partial charge in [-0.25, -0.2) is 9.18 Å². The molecule has 0 amide bonds. The van der Waals surface area contributed by atoms with E-state index in [2.05, 4.69) is 17.0 Å². The fourth-order valence-electron chi connectivity index (χ4n) is 2.68. The van der Waals surface area contributed by atoms with Crippen LogP contribution >= 0.6 is 0 Å². The molecule has 1 heterocycles. The van der Waals surface area contributed by atoms with Gasteiger partial charge in [0, 0.05) is 12.3 Å². The topological polar surface area (TPSA) is 42.9 Å². The third-order valence-corrected chi connectivity index (χ3v) is 3.68. The molecule has 0 radical (unpaired) electrons. The summed E-state index contributed by atoms with van der Waals surface area (Å²) in [6.07, 6.45) is 1.02. The first-order chi connectivity index (χ1) is 8.61. The first-order valence-electron chi connectivity index (χ1n) is 6.32. The zero-order valence-corrected chi connectivity index (χ0v) is 10.8. The summed E-state index contributed by atoms with van der Waals surface area (Å²) in [6, 6.07) is 4.54. The van der Waals surface area contributed by atoms with Crippen molar-refractivity contribution in [3.63, 3.8) is 0 Å². The van der Waals surface area contributed by atoms with Crippen LogP contribution in [-0.2, 0) is 4.74 Å². The number of halogens is 1. The van der Waals surface area contributed by atoms with Gasteiger partial charge in [-0.05, 0) is 29.7 Å². The van der Waals surface area contributed by atoms with E-state index in [1.165, 1.54) is 13.2 Å². The summed E-state index contributed by atoms with van der Waals surface area (Å²) in [5.74, 6) is -0.0272. The summed E-state index contributed by atoms with van der Waals surface area (Å²) < 4.78 is 18.2. The molecule has 0 bridgehead atoms. The Morgan fingerprint density at radius 3 is 2.89 bits per heavy atom. The van der Waals surface area contributed by atoms with Crippen LogP contribution in [0.5, 0.6) is 0 Å². The summed E-state index contributed by atoms with van der Waals surface area (Å²) in [5, 5.41) is 2.28. The van der Waals surface area contributed by atoms with Gasteiger partial charge in [-0.1, -0.05) is 6.92 Å². The average Bonchev–Trinajstić information content (AvgIpc) is 2.37. The van der Waals surface area contributed by atoms with Crippen molar-refractivity contribution in [3.8, 4) is 0 Å². The molecule has 3 nitrogen and oxygen atoms in total. The lowest BCUT2D eigenvalue weighted by Gasteiger charge is -2.27. The van der Waals surface area contributed by atoms with E-state index in [9.17, 15) is 9.18 Å². The van der Waals surface area contributed by atoms with Crippen molar-refractivity contribution >= 4 is 5.97 Å². The lowest BCUT2D eigenvalue weighted by atomic mass is 9.82. The van der Waals surface area contributed by atoms with Gasteiger partial charge in [-0.2, -0.15) is 0 Å². The van der Waals surface area contributed by atoms with Gasteiger partial charge in [0.05, 0.1) is 25.8 Å². The summed E-state index contributed by atoms with van der Waals surface area (Å²) in [4.78, 5) is 11.5. The number of esters is 1. The Hall–Kier alpha value is -1.42. The van der Waals surface area contributed by atoms with Crippen molar-refractivity contribution in [2.24, 2.45) is 5.92 Å². The van der Waals surface area contributed by atoms with Gasteiger partial charge < -0.3 is 10.1 Å². The van der Waals surface area contributed by atoms with E-state index < -0.39 is 5.97 Å². The second-order valence-corrected chi connectivity index (χ2v) is 4.95. The van der Waals surface area contributed by atoms with Crippen molar-refractivity contribution < 1.29 is 19.2 Å². The molecule has 1 aliphatic heterocycles. The van der Waals surface area contributed by atoms with Crippen LogP contribution in [0.3, 0.4) is 0 Å². The van der Waals surface area contributed by atoms with E-state index in [1.807, 2.05) is 0 Å². The lowest BCUT2D eigenvalue weighted by molar-refractivity contribution is -0.669. The van der Waals surface area contributed by atoms with E-state index >= 15 is 0 Å². The van der Waals surface area contributed by atoms with Crippen LogP contribution in [0.2, 0.25) is 0 Å². The highest BCUT2D eigenvalue weighted by atomic mass is 19.1. The number of piperidine rings is 1. The minimum absolute atomic E-state index is 0.300. The molecular weight excluding hydrogens is 233 g/mol. The molecule has 18 heavy (non-hydrogen) atoms. The number of carbonyl (C=O) groups excluding carboxylic acids is 1.